The average Bonchev–Trinajstić information content (AvgIpc) is 2.34. The minimum Gasteiger partial charge on any atom is -0.494 e. The molecule has 5 heteroatoms. The molecule has 0 saturated carbocycles. The molecule has 1 aromatic carbocycles. The number of rotatable bonds is 7. The fraction of sp³-hybridized carbons (Fsp3) is 0.385. The zero-order valence-corrected chi connectivity index (χ0v) is 10.4. The van der Waals surface area contributed by atoms with Crippen LogP contribution < -0.4 is 15.8 Å². The molecular formula is C13H18N2O3. The van der Waals surface area contributed by atoms with E-state index in [0.717, 1.165) is 5.75 Å². The summed E-state index contributed by atoms with van der Waals surface area (Å²) >= 11 is 0. The van der Waals surface area contributed by atoms with Crippen molar-refractivity contribution in [2.75, 3.05) is 13.2 Å². The lowest BCUT2D eigenvalue weighted by atomic mass is 10.2. The summed E-state index contributed by atoms with van der Waals surface area (Å²) in [6.07, 6.45) is 0.914. The Hall–Kier alpha value is -2.04. The molecule has 18 heavy (non-hydrogen) atoms. The molecule has 0 fully saturated rings. The molecule has 5 nitrogen and oxygen atoms in total. The first-order chi connectivity index (χ1) is 8.58. The highest BCUT2D eigenvalue weighted by atomic mass is 16.5. The van der Waals surface area contributed by atoms with E-state index in [1.807, 2.05) is 31.2 Å². The predicted molar refractivity (Wildman–Crippen MR) is 68.1 cm³/mol. The Morgan fingerprint density at radius 2 is 1.94 bits per heavy atom. The average molecular weight is 250 g/mol. The maximum atomic E-state index is 11.2. The number of benzene rings is 1. The van der Waals surface area contributed by atoms with Crippen LogP contribution in [0.5, 0.6) is 5.75 Å². The topological polar surface area (TPSA) is 81.4 Å². The van der Waals surface area contributed by atoms with Gasteiger partial charge in [-0.25, -0.2) is 0 Å². The summed E-state index contributed by atoms with van der Waals surface area (Å²) in [5.41, 5.74) is 6.08. The molecule has 0 spiro atoms. The lowest BCUT2D eigenvalue weighted by Gasteiger charge is -2.06. The first kappa shape index (κ1) is 14.0. The van der Waals surface area contributed by atoms with Crippen LogP contribution in [0.25, 0.3) is 0 Å². The van der Waals surface area contributed by atoms with Gasteiger partial charge in [-0.1, -0.05) is 17.7 Å². The molecule has 0 atom stereocenters. The van der Waals surface area contributed by atoms with Crippen LogP contribution in [0, 0.1) is 6.92 Å². The lowest BCUT2D eigenvalue weighted by molar-refractivity contribution is -0.124. The van der Waals surface area contributed by atoms with Gasteiger partial charge in [0.25, 0.3) is 0 Å². The zero-order valence-electron chi connectivity index (χ0n) is 10.4. The second-order valence-electron chi connectivity index (χ2n) is 4.01. The molecule has 1 rings (SSSR count). The largest absolute Gasteiger partial charge is 0.494 e. The Balaban J connectivity index is 2.13. The van der Waals surface area contributed by atoms with Crippen molar-refractivity contribution in [2.24, 2.45) is 5.73 Å². The number of amides is 2. The van der Waals surface area contributed by atoms with E-state index in [-0.39, 0.29) is 12.5 Å². The van der Waals surface area contributed by atoms with Gasteiger partial charge in [0.05, 0.1) is 13.2 Å². The molecule has 0 saturated heterocycles. The Labute approximate surface area is 106 Å². The van der Waals surface area contributed by atoms with Gasteiger partial charge in [-0.15, -0.1) is 0 Å². The SMILES string of the molecule is Cc1ccc(OCCCC(=O)NCC(N)=O)cc1. The van der Waals surface area contributed by atoms with Gasteiger partial charge in [0.1, 0.15) is 5.75 Å². The molecule has 1 aromatic rings. The van der Waals surface area contributed by atoms with Gasteiger partial charge in [-0.2, -0.15) is 0 Å². The minimum absolute atomic E-state index is 0.113. The van der Waals surface area contributed by atoms with Crippen LogP contribution in [0.1, 0.15) is 18.4 Å². The van der Waals surface area contributed by atoms with E-state index in [1.165, 1.54) is 5.56 Å². The van der Waals surface area contributed by atoms with E-state index < -0.39 is 5.91 Å². The van der Waals surface area contributed by atoms with Crippen molar-refractivity contribution in [3.63, 3.8) is 0 Å². The number of nitrogens with one attached hydrogen (secondary N) is 1. The summed E-state index contributed by atoms with van der Waals surface area (Å²) in [5, 5.41) is 2.42. The van der Waals surface area contributed by atoms with Gasteiger partial charge < -0.3 is 15.8 Å². The molecule has 0 heterocycles. The van der Waals surface area contributed by atoms with Gasteiger partial charge in [0.15, 0.2) is 0 Å². The lowest BCUT2D eigenvalue weighted by Crippen LogP contribution is -2.33. The van der Waals surface area contributed by atoms with Crippen molar-refractivity contribution >= 4 is 11.8 Å². The quantitative estimate of drug-likeness (QED) is 0.701. The summed E-state index contributed by atoms with van der Waals surface area (Å²) in [6, 6.07) is 7.72. The van der Waals surface area contributed by atoms with Crippen molar-refractivity contribution in [3.8, 4) is 5.75 Å². The number of hydrogen-bond donors (Lipinski definition) is 2. The number of nitrogens with two attached hydrogens (primary N) is 1. The van der Waals surface area contributed by atoms with E-state index >= 15 is 0 Å². The van der Waals surface area contributed by atoms with Gasteiger partial charge in [-0.05, 0) is 25.5 Å². The Kier molecular flexibility index (Phi) is 5.70. The highest BCUT2D eigenvalue weighted by Crippen LogP contribution is 2.11. The standard InChI is InChI=1S/C13H18N2O3/c1-10-4-6-11(7-5-10)18-8-2-3-13(17)15-9-12(14)16/h4-7H,2-3,8-9H2,1H3,(H2,14,16)(H,15,17). The summed E-state index contributed by atoms with van der Waals surface area (Å²) in [4.78, 5) is 21.7. The number of aryl methyl sites for hydroxylation is 1. The molecule has 0 radical (unpaired) electrons. The van der Waals surface area contributed by atoms with Crippen molar-refractivity contribution in [1.29, 1.82) is 0 Å². The molecule has 0 aromatic heterocycles. The fourth-order valence-corrected chi connectivity index (χ4v) is 1.33. The van der Waals surface area contributed by atoms with Crippen LogP contribution in [-0.2, 0) is 9.59 Å². The van der Waals surface area contributed by atoms with Crippen LogP contribution >= 0.6 is 0 Å². The van der Waals surface area contributed by atoms with Crippen LogP contribution in [0.4, 0.5) is 0 Å². The van der Waals surface area contributed by atoms with Crippen LogP contribution in [0.15, 0.2) is 24.3 Å². The first-order valence-corrected chi connectivity index (χ1v) is 5.82. The van der Waals surface area contributed by atoms with Gasteiger partial charge in [0.2, 0.25) is 11.8 Å². The normalized spacial score (nSPS) is 9.83. The minimum atomic E-state index is -0.542. The molecule has 0 aliphatic carbocycles. The van der Waals surface area contributed by atoms with Crippen molar-refractivity contribution in [3.05, 3.63) is 29.8 Å². The third kappa shape index (κ3) is 5.89. The summed E-state index contributed by atoms with van der Waals surface area (Å²) < 4.78 is 5.47. The molecule has 0 bridgehead atoms. The zero-order chi connectivity index (χ0) is 13.4. The van der Waals surface area contributed by atoms with Gasteiger partial charge in [0, 0.05) is 6.42 Å². The van der Waals surface area contributed by atoms with Crippen molar-refractivity contribution < 1.29 is 14.3 Å². The third-order valence-electron chi connectivity index (χ3n) is 2.30. The highest BCUT2D eigenvalue weighted by molar-refractivity contribution is 5.83. The Morgan fingerprint density at radius 1 is 1.28 bits per heavy atom. The predicted octanol–water partition coefficient (Wildman–Crippen LogP) is 0.756. The molecule has 0 aliphatic rings. The highest BCUT2D eigenvalue weighted by Gasteiger charge is 2.02. The Bertz CT molecular complexity index is 401. The Morgan fingerprint density at radius 3 is 2.56 bits per heavy atom. The third-order valence-corrected chi connectivity index (χ3v) is 2.30. The monoisotopic (exact) mass is 250 g/mol. The number of primary amides is 1. The second-order valence-corrected chi connectivity index (χ2v) is 4.01. The first-order valence-electron chi connectivity index (χ1n) is 5.82. The van der Waals surface area contributed by atoms with Gasteiger partial charge >= 0.3 is 0 Å². The second kappa shape index (κ2) is 7.32. The number of carbonyl (C=O) groups is 2. The van der Waals surface area contributed by atoms with Crippen LogP contribution in [0.2, 0.25) is 0 Å². The molecule has 0 unspecified atom stereocenters. The number of carbonyl (C=O) groups excluding carboxylic acids is 2. The maximum absolute atomic E-state index is 11.2. The molecule has 98 valence electrons. The van der Waals surface area contributed by atoms with Crippen LogP contribution in [0.3, 0.4) is 0 Å². The fourth-order valence-electron chi connectivity index (χ4n) is 1.33. The molecule has 2 amide bonds. The molecular weight excluding hydrogens is 232 g/mol. The summed E-state index contributed by atoms with van der Waals surface area (Å²) in [7, 11) is 0. The van der Waals surface area contributed by atoms with E-state index in [1.54, 1.807) is 0 Å². The van der Waals surface area contributed by atoms with Gasteiger partial charge in [-0.3, -0.25) is 9.59 Å². The maximum Gasteiger partial charge on any atom is 0.236 e. The van der Waals surface area contributed by atoms with E-state index in [2.05, 4.69) is 5.32 Å². The van der Waals surface area contributed by atoms with E-state index in [4.69, 9.17) is 10.5 Å². The number of ether oxygens (including phenoxy) is 1. The molecule has 0 aliphatic heterocycles. The summed E-state index contributed by atoms with van der Waals surface area (Å²) in [5.74, 6) is 0.0544. The number of hydrogen-bond acceptors (Lipinski definition) is 3. The smallest absolute Gasteiger partial charge is 0.236 e. The van der Waals surface area contributed by atoms with E-state index in [9.17, 15) is 9.59 Å². The van der Waals surface area contributed by atoms with Crippen molar-refractivity contribution in [1.82, 2.24) is 5.32 Å². The summed E-state index contributed by atoms with van der Waals surface area (Å²) in [6.45, 7) is 2.36. The van der Waals surface area contributed by atoms with Crippen LogP contribution in [-0.4, -0.2) is 25.0 Å². The van der Waals surface area contributed by atoms with Crippen molar-refractivity contribution in [2.45, 2.75) is 19.8 Å². The van der Waals surface area contributed by atoms with E-state index in [0.29, 0.717) is 19.4 Å². The molecule has 3 N–H and O–H groups in total.